The third-order valence-electron chi connectivity index (χ3n) is 7.83. The minimum Gasteiger partial charge on any atom is -0.496 e. The summed E-state index contributed by atoms with van der Waals surface area (Å²) >= 11 is 4.75. The van der Waals surface area contributed by atoms with Crippen LogP contribution in [0.5, 0.6) is 5.75 Å². The first-order chi connectivity index (χ1) is 23.6. The minimum atomic E-state index is -0.907. The minimum absolute atomic E-state index is 0.141. The van der Waals surface area contributed by atoms with Gasteiger partial charge in [-0.2, -0.15) is 0 Å². The smallest absolute Gasteiger partial charge is 0.338 e. The number of benzene rings is 3. The lowest BCUT2D eigenvalue weighted by atomic mass is 9.92. The second-order valence-corrected chi connectivity index (χ2v) is 13.4. The molecule has 3 heterocycles. The zero-order valence-electron chi connectivity index (χ0n) is 27.5. The number of carbonyl (C=O) groups excluding carboxylic acids is 2. The van der Waals surface area contributed by atoms with Crippen LogP contribution < -0.4 is 19.6 Å². The van der Waals surface area contributed by atoms with Gasteiger partial charge in [0, 0.05) is 27.2 Å². The average Bonchev–Trinajstić information content (AvgIpc) is 3.67. The average molecular weight is 742 g/mol. The van der Waals surface area contributed by atoms with E-state index in [1.807, 2.05) is 61.5 Å². The van der Waals surface area contributed by atoms with E-state index in [4.69, 9.17) is 23.6 Å². The summed E-state index contributed by atoms with van der Waals surface area (Å²) in [7, 11) is 1.55. The lowest BCUT2D eigenvalue weighted by molar-refractivity contribution is -0.138. The van der Waals surface area contributed by atoms with Crippen LogP contribution in [0.3, 0.4) is 0 Å². The number of methoxy groups -OCH3 is 1. The Hall–Kier alpha value is -5.00. The number of rotatable bonds is 9. The fourth-order valence-electron chi connectivity index (χ4n) is 5.71. The summed E-state index contributed by atoms with van der Waals surface area (Å²) in [6, 6.07) is 22.8. The van der Waals surface area contributed by atoms with Crippen molar-refractivity contribution in [3.8, 4) is 17.1 Å². The van der Waals surface area contributed by atoms with Crippen LogP contribution in [0.25, 0.3) is 23.1 Å². The molecular weight excluding hydrogens is 708 g/mol. The SMILES string of the molecule is CCOC(=O)C1=C(c2ccccc2)N=c2s/c(=C\c3ccc(-c4ccc(C(=O)OC(C)C)cc4C)o3)c(=O)n2[C@H]1c1cc(Br)ccc1OC. The largest absolute Gasteiger partial charge is 0.496 e. The highest BCUT2D eigenvalue weighted by Crippen LogP contribution is 2.40. The summed E-state index contributed by atoms with van der Waals surface area (Å²) in [5.74, 6) is 0.551. The van der Waals surface area contributed by atoms with Gasteiger partial charge in [0.2, 0.25) is 0 Å². The molecule has 0 saturated heterocycles. The molecule has 5 aromatic rings. The molecule has 3 aromatic carbocycles. The van der Waals surface area contributed by atoms with E-state index in [1.165, 1.54) is 15.9 Å². The molecule has 2 aromatic heterocycles. The molecule has 0 N–H and O–H groups in total. The maximum atomic E-state index is 14.3. The quantitative estimate of drug-likeness (QED) is 0.152. The molecule has 1 aliphatic heterocycles. The number of hydrogen-bond acceptors (Lipinski definition) is 9. The number of halogens is 1. The van der Waals surface area contributed by atoms with Crippen molar-refractivity contribution in [2.75, 3.05) is 13.7 Å². The topological polar surface area (TPSA) is 109 Å². The third kappa shape index (κ3) is 6.81. The maximum absolute atomic E-state index is 14.3. The summed E-state index contributed by atoms with van der Waals surface area (Å²) in [5.41, 5.74) is 3.67. The predicted octanol–water partition coefficient (Wildman–Crippen LogP) is 6.84. The van der Waals surface area contributed by atoms with Crippen LogP contribution in [0, 0.1) is 6.92 Å². The molecule has 9 nitrogen and oxygen atoms in total. The molecule has 11 heteroatoms. The number of nitrogens with zero attached hydrogens (tertiary/aromatic N) is 2. The Bertz CT molecular complexity index is 2280. The first-order valence-electron chi connectivity index (χ1n) is 15.6. The van der Waals surface area contributed by atoms with Crippen molar-refractivity contribution in [3.63, 3.8) is 0 Å². The number of aromatic nitrogens is 1. The summed E-state index contributed by atoms with van der Waals surface area (Å²) in [6.07, 6.45) is 1.45. The molecular formula is C38H33BrN2O7S. The standard InChI is InChI=1S/C38H33BrN2O7S/c1-6-46-37(44)32-33(23-10-8-7-9-11-23)40-38-41(34(32)28-19-25(39)13-16-29(28)45-5)35(42)31(49-38)20-26-14-17-30(48-26)27-15-12-24(18-22(27)4)36(43)47-21(2)3/h7-21,34H,6H2,1-5H3/b31-20-/t34-/m0/s1. The van der Waals surface area contributed by atoms with Gasteiger partial charge in [0.15, 0.2) is 4.80 Å². The number of thiazole rings is 1. The molecule has 0 spiro atoms. The van der Waals surface area contributed by atoms with Crippen molar-refractivity contribution < 1.29 is 28.2 Å². The monoisotopic (exact) mass is 740 g/mol. The summed E-state index contributed by atoms with van der Waals surface area (Å²) in [4.78, 5) is 45.8. The Balaban J connectivity index is 1.50. The first kappa shape index (κ1) is 33.9. The van der Waals surface area contributed by atoms with E-state index in [0.29, 0.717) is 49.0 Å². The highest BCUT2D eigenvalue weighted by molar-refractivity contribution is 9.10. The predicted molar refractivity (Wildman–Crippen MR) is 191 cm³/mol. The van der Waals surface area contributed by atoms with Gasteiger partial charge in [0.1, 0.15) is 23.3 Å². The summed E-state index contributed by atoms with van der Waals surface area (Å²) in [5, 5.41) is 0. The molecule has 1 aliphatic rings. The zero-order valence-corrected chi connectivity index (χ0v) is 29.9. The lowest BCUT2D eigenvalue weighted by Gasteiger charge is -2.27. The van der Waals surface area contributed by atoms with E-state index in [0.717, 1.165) is 15.6 Å². The van der Waals surface area contributed by atoms with Crippen LogP contribution in [0.4, 0.5) is 0 Å². The van der Waals surface area contributed by atoms with Gasteiger partial charge in [0.05, 0.1) is 41.2 Å². The fourth-order valence-corrected chi connectivity index (χ4v) is 7.07. The van der Waals surface area contributed by atoms with Crippen molar-refractivity contribution in [2.24, 2.45) is 4.99 Å². The molecule has 0 bridgehead atoms. The number of hydrogen-bond donors (Lipinski definition) is 0. The van der Waals surface area contributed by atoms with Crippen molar-refractivity contribution in [2.45, 2.75) is 39.8 Å². The number of carbonyl (C=O) groups is 2. The highest BCUT2D eigenvalue weighted by Gasteiger charge is 2.37. The van der Waals surface area contributed by atoms with E-state index in [-0.39, 0.29) is 29.8 Å². The Morgan fingerprint density at radius 3 is 2.51 bits per heavy atom. The molecule has 250 valence electrons. The van der Waals surface area contributed by atoms with Crippen LogP contribution in [0.2, 0.25) is 0 Å². The molecule has 49 heavy (non-hydrogen) atoms. The molecule has 0 radical (unpaired) electrons. The maximum Gasteiger partial charge on any atom is 0.338 e. The van der Waals surface area contributed by atoms with Gasteiger partial charge in [0.25, 0.3) is 5.56 Å². The molecule has 0 unspecified atom stereocenters. The molecule has 1 atom stereocenters. The van der Waals surface area contributed by atoms with Crippen LogP contribution in [-0.2, 0) is 14.3 Å². The summed E-state index contributed by atoms with van der Waals surface area (Å²) < 4.78 is 25.5. The number of ether oxygens (including phenoxy) is 3. The van der Waals surface area contributed by atoms with Crippen molar-refractivity contribution in [1.29, 1.82) is 0 Å². The van der Waals surface area contributed by atoms with Gasteiger partial charge in [-0.3, -0.25) is 9.36 Å². The van der Waals surface area contributed by atoms with E-state index in [2.05, 4.69) is 15.9 Å². The molecule has 0 amide bonds. The Labute approximate surface area is 294 Å². The van der Waals surface area contributed by atoms with Crippen molar-refractivity contribution in [3.05, 3.63) is 137 Å². The number of esters is 2. The van der Waals surface area contributed by atoms with Gasteiger partial charge in [-0.25, -0.2) is 14.6 Å². The number of aryl methyl sites for hydroxylation is 1. The summed E-state index contributed by atoms with van der Waals surface area (Å²) in [6.45, 7) is 7.38. The molecule has 0 saturated carbocycles. The van der Waals surface area contributed by atoms with Crippen LogP contribution >= 0.6 is 27.3 Å². The van der Waals surface area contributed by atoms with Gasteiger partial charge < -0.3 is 18.6 Å². The third-order valence-corrected chi connectivity index (χ3v) is 9.31. The van der Waals surface area contributed by atoms with Gasteiger partial charge in [-0.15, -0.1) is 0 Å². The van der Waals surface area contributed by atoms with Crippen LogP contribution in [-0.4, -0.2) is 36.3 Å². The fraction of sp³-hybridized carbons (Fsp3) is 0.211. The van der Waals surface area contributed by atoms with Crippen molar-refractivity contribution in [1.82, 2.24) is 4.57 Å². The molecule has 0 fully saturated rings. The molecule has 6 rings (SSSR count). The highest BCUT2D eigenvalue weighted by atomic mass is 79.9. The Morgan fingerprint density at radius 1 is 1.04 bits per heavy atom. The number of fused-ring (bicyclic) bond motifs is 1. The first-order valence-corrected chi connectivity index (χ1v) is 17.2. The van der Waals surface area contributed by atoms with Gasteiger partial charge in [-0.1, -0.05) is 63.7 Å². The Kier molecular flexibility index (Phi) is 9.84. The number of furan rings is 1. The van der Waals surface area contributed by atoms with E-state index >= 15 is 0 Å². The second-order valence-electron chi connectivity index (χ2n) is 11.5. The molecule has 0 aliphatic carbocycles. The zero-order chi connectivity index (χ0) is 34.8. The normalized spacial score (nSPS) is 14.4. The lowest BCUT2D eigenvalue weighted by Crippen LogP contribution is -2.40. The Morgan fingerprint density at radius 2 is 1.82 bits per heavy atom. The van der Waals surface area contributed by atoms with E-state index < -0.39 is 12.0 Å². The van der Waals surface area contributed by atoms with E-state index in [1.54, 1.807) is 58.2 Å². The van der Waals surface area contributed by atoms with Crippen LogP contribution in [0.1, 0.15) is 59.6 Å². The van der Waals surface area contributed by atoms with Crippen molar-refractivity contribution >= 4 is 51.0 Å². The van der Waals surface area contributed by atoms with E-state index in [9.17, 15) is 14.4 Å². The van der Waals surface area contributed by atoms with Gasteiger partial charge in [-0.05, 0) is 75.7 Å². The van der Waals surface area contributed by atoms with Crippen LogP contribution in [0.15, 0.2) is 103 Å². The van der Waals surface area contributed by atoms with Gasteiger partial charge >= 0.3 is 11.9 Å². The second kappa shape index (κ2) is 14.2.